The number of aryl methyl sites for hydroxylation is 1. The van der Waals surface area contributed by atoms with Gasteiger partial charge in [0.25, 0.3) is 0 Å². The number of hydrogen-bond acceptors (Lipinski definition) is 5. The van der Waals surface area contributed by atoms with Gasteiger partial charge in [0.1, 0.15) is 18.0 Å². The lowest BCUT2D eigenvalue weighted by Crippen LogP contribution is -2.48. The number of amides is 1. The second-order valence-corrected chi connectivity index (χ2v) is 7.80. The molecule has 6 nitrogen and oxygen atoms in total. The van der Waals surface area contributed by atoms with Gasteiger partial charge in [-0.05, 0) is 37.5 Å². The molecule has 0 saturated carbocycles. The Morgan fingerprint density at radius 2 is 1.96 bits per heavy atom. The van der Waals surface area contributed by atoms with Gasteiger partial charge in [0, 0.05) is 37.9 Å². The number of carbonyl (C=O) groups excluding carboxylic acids is 1. The molecule has 1 aromatic heterocycles. The molecule has 3 heterocycles. The van der Waals surface area contributed by atoms with Crippen LogP contribution in [0.2, 0.25) is 0 Å². The van der Waals surface area contributed by atoms with Gasteiger partial charge in [-0.3, -0.25) is 14.7 Å². The number of para-hydroxylation sites is 1. The van der Waals surface area contributed by atoms with Crippen molar-refractivity contribution in [2.75, 3.05) is 32.8 Å². The van der Waals surface area contributed by atoms with Gasteiger partial charge in [-0.2, -0.15) is 0 Å². The summed E-state index contributed by atoms with van der Waals surface area (Å²) in [6, 6.07) is 11.9. The number of pyridine rings is 1. The lowest BCUT2D eigenvalue weighted by Gasteiger charge is -2.38. The van der Waals surface area contributed by atoms with Crippen LogP contribution in [-0.4, -0.2) is 58.6 Å². The molecule has 0 aliphatic carbocycles. The first-order chi connectivity index (χ1) is 13.5. The Morgan fingerprint density at radius 3 is 2.71 bits per heavy atom. The van der Waals surface area contributed by atoms with E-state index in [2.05, 4.69) is 9.88 Å². The van der Waals surface area contributed by atoms with E-state index in [0.29, 0.717) is 51.3 Å². The summed E-state index contributed by atoms with van der Waals surface area (Å²) in [6.45, 7) is 5.48. The van der Waals surface area contributed by atoms with Crippen LogP contribution in [0.1, 0.15) is 29.7 Å². The van der Waals surface area contributed by atoms with Crippen LogP contribution >= 0.6 is 0 Å². The average Bonchev–Trinajstić information content (AvgIpc) is 2.90. The highest BCUT2D eigenvalue weighted by molar-refractivity contribution is 5.78. The maximum Gasteiger partial charge on any atom is 0.236 e. The minimum atomic E-state index is -0.945. The number of hydrogen-bond donors (Lipinski definition) is 1. The third-order valence-electron chi connectivity index (χ3n) is 5.72. The molecule has 1 fully saturated rings. The summed E-state index contributed by atoms with van der Waals surface area (Å²) in [4.78, 5) is 21.2. The molecule has 0 radical (unpaired) electrons. The van der Waals surface area contributed by atoms with E-state index in [-0.39, 0.29) is 5.91 Å². The van der Waals surface area contributed by atoms with E-state index in [1.807, 2.05) is 48.2 Å². The highest BCUT2D eigenvalue weighted by Crippen LogP contribution is 2.31. The molecule has 0 atom stereocenters. The van der Waals surface area contributed by atoms with Crippen LogP contribution in [0.25, 0.3) is 0 Å². The number of nitrogens with zero attached hydrogens (tertiary/aromatic N) is 3. The number of piperidine rings is 1. The molecule has 2 aromatic rings. The zero-order valence-electron chi connectivity index (χ0n) is 16.3. The molecule has 1 aromatic carbocycles. The van der Waals surface area contributed by atoms with E-state index in [1.165, 1.54) is 0 Å². The Bertz CT molecular complexity index is 829. The van der Waals surface area contributed by atoms with E-state index < -0.39 is 5.60 Å². The van der Waals surface area contributed by atoms with Crippen molar-refractivity contribution in [3.05, 3.63) is 59.4 Å². The van der Waals surface area contributed by atoms with Crippen LogP contribution in [0, 0.1) is 6.92 Å². The van der Waals surface area contributed by atoms with Crippen molar-refractivity contribution in [2.45, 2.75) is 31.9 Å². The fraction of sp³-hybridized carbons (Fsp3) is 0.455. The normalized spacial score (nSPS) is 19.4. The van der Waals surface area contributed by atoms with E-state index in [0.717, 1.165) is 23.4 Å². The zero-order chi connectivity index (χ0) is 19.6. The average molecular weight is 381 g/mol. The summed E-state index contributed by atoms with van der Waals surface area (Å²) in [5.41, 5.74) is 1.94. The largest absolute Gasteiger partial charge is 0.492 e. The van der Waals surface area contributed by atoms with Gasteiger partial charge in [0.15, 0.2) is 0 Å². The van der Waals surface area contributed by atoms with Gasteiger partial charge in [-0.15, -0.1) is 0 Å². The van der Waals surface area contributed by atoms with Crippen LogP contribution in [0.3, 0.4) is 0 Å². The van der Waals surface area contributed by atoms with Crippen LogP contribution in [0.4, 0.5) is 0 Å². The van der Waals surface area contributed by atoms with Gasteiger partial charge < -0.3 is 14.7 Å². The number of fused-ring (bicyclic) bond motifs is 1. The van der Waals surface area contributed by atoms with Gasteiger partial charge in [0.2, 0.25) is 5.91 Å². The maximum atomic E-state index is 12.8. The lowest BCUT2D eigenvalue weighted by atomic mass is 9.87. The van der Waals surface area contributed by atoms with Crippen molar-refractivity contribution in [1.29, 1.82) is 0 Å². The zero-order valence-corrected chi connectivity index (χ0v) is 16.3. The monoisotopic (exact) mass is 381 g/mol. The second-order valence-electron chi connectivity index (χ2n) is 7.80. The van der Waals surface area contributed by atoms with Crippen molar-refractivity contribution in [3.63, 3.8) is 0 Å². The highest BCUT2D eigenvalue weighted by atomic mass is 16.5. The van der Waals surface area contributed by atoms with Gasteiger partial charge in [-0.25, -0.2) is 0 Å². The molecule has 28 heavy (non-hydrogen) atoms. The summed E-state index contributed by atoms with van der Waals surface area (Å²) >= 11 is 0. The van der Waals surface area contributed by atoms with Gasteiger partial charge in [-0.1, -0.05) is 24.3 Å². The summed E-state index contributed by atoms with van der Waals surface area (Å²) in [5, 5.41) is 11.0. The third-order valence-corrected chi connectivity index (χ3v) is 5.72. The summed E-state index contributed by atoms with van der Waals surface area (Å²) < 4.78 is 5.78. The molecule has 0 spiro atoms. The molecule has 1 amide bonds. The van der Waals surface area contributed by atoms with Gasteiger partial charge >= 0.3 is 0 Å². The maximum absolute atomic E-state index is 12.8. The molecule has 148 valence electrons. The van der Waals surface area contributed by atoms with E-state index >= 15 is 0 Å². The Hall–Kier alpha value is -2.44. The number of rotatable bonds is 3. The van der Waals surface area contributed by atoms with E-state index in [4.69, 9.17) is 4.74 Å². The molecule has 2 aliphatic heterocycles. The predicted molar refractivity (Wildman–Crippen MR) is 106 cm³/mol. The van der Waals surface area contributed by atoms with Crippen molar-refractivity contribution in [2.24, 2.45) is 0 Å². The number of aromatic nitrogens is 1. The van der Waals surface area contributed by atoms with Crippen LogP contribution in [0.5, 0.6) is 5.75 Å². The van der Waals surface area contributed by atoms with Crippen LogP contribution < -0.4 is 4.74 Å². The van der Waals surface area contributed by atoms with Crippen molar-refractivity contribution < 1.29 is 14.6 Å². The number of likely N-dealkylation sites (tertiary alicyclic amines) is 1. The Balaban J connectivity index is 1.35. The van der Waals surface area contributed by atoms with E-state index in [9.17, 15) is 9.90 Å². The molecule has 0 unspecified atom stereocenters. The summed E-state index contributed by atoms with van der Waals surface area (Å²) in [6.07, 6.45) is 2.81. The summed E-state index contributed by atoms with van der Waals surface area (Å²) in [5.74, 6) is 1.02. The minimum Gasteiger partial charge on any atom is -0.492 e. The predicted octanol–water partition coefficient (Wildman–Crippen LogP) is 2.09. The number of aliphatic hydroxyl groups is 1. The SMILES string of the molecule is Cc1ccc(C2(O)CCN(C(=O)CN3CCOc4ccccc4C3)CC2)nc1. The first-order valence-electron chi connectivity index (χ1n) is 9.90. The van der Waals surface area contributed by atoms with Crippen LogP contribution in [0.15, 0.2) is 42.6 Å². The number of carbonyl (C=O) groups is 1. The van der Waals surface area contributed by atoms with Crippen molar-refractivity contribution in [3.8, 4) is 5.75 Å². The Kier molecular flexibility index (Phi) is 5.33. The highest BCUT2D eigenvalue weighted by Gasteiger charge is 2.36. The molecule has 6 heteroatoms. The molecule has 2 aliphatic rings. The first-order valence-corrected chi connectivity index (χ1v) is 9.90. The fourth-order valence-electron chi connectivity index (χ4n) is 3.93. The fourth-order valence-corrected chi connectivity index (χ4v) is 3.93. The second kappa shape index (κ2) is 7.89. The number of ether oxygens (including phenoxy) is 1. The third kappa shape index (κ3) is 4.03. The molecule has 4 rings (SSSR count). The molecule has 1 saturated heterocycles. The van der Waals surface area contributed by atoms with Crippen molar-refractivity contribution >= 4 is 5.91 Å². The number of benzene rings is 1. The smallest absolute Gasteiger partial charge is 0.236 e. The molecular formula is C22H27N3O3. The minimum absolute atomic E-state index is 0.110. The van der Waals surface area contributed by atoms with Crippen LogP contribution in [-0.2, 0) is 16.9 Å². The standard InChI is InChI=1S/C22H27N3O3/c1-17-6-7-20(23-14-17)22(27)8-10-25(11-9-22)21(26)16-24-12-13-28-19-5-3-2-4-18(19)15-24/h2-7,14,27H,8-13,15-16H2,1H3. The van der Waals surface area contributed by atoms with Gasteiger partial charge in [0.05, 0.1) is 12.2 Å². The first kappa shape index (κ1) is 18.9. The molecule has 0 bridgehead atoms. The summed E-state index contributed by atoms with van der Waals surface area (Å²) in [7, 11) is 0. The molecular weight excluding hydrogens is 354 g/mol. The quantitative estimate of drug-likeness (QED) is 0.882. The van der Waals surface area contributed by atoms with E-state index in [1.54, 1.807) is 6.20 Å². The lowest BCUT2D eigenvalue weighted by molar-refractivity contribution is -0.137. The molecule has 1 N–H and O–H groups in total. The Labute approximate surface area is 165 Å². The topological polar surface area (TPSA) is 65.9 Å². The van der Waals surface area contributed by atoms with Crippen molar-refractivity contribution in [1.82, 2.24) is 14.8 Å². The Morgan fingerprint density at radius 1 is 1.18 bits per heavy atom.